The molecule has 0 bridgehead atoms. The van der Waals surface area contributed by atoms with Crippen molar-refractivity contribution < 1.29 is 9.53 Å². The maximum atomic E-state index is 12.8. The third kappa shape index (κ3) is 2.76. The number of thiophene rings is 1. The number of rotatable bonds is 2. The zero-order valence-electron chi connectivity index (χ0n) is 11.4. The number of anilines is 1. The topological polar surface area (TPSA) is 29.5 Å². The minimum absolute atomic E-state index is 0.0249. The Labute approximate surface area is 144 Å². The number of para-hydroxylation sites is 1. The lowest BCUT2D eigenvalue weighted by molar-refractivity contribution is 0.0988. The van der Waals surface area contributed by atoms with Crippen molar-refractivity contribution in [3.63, 3.8) is 0 Å². The number of carbonyl (C=O) groups is 1. The Morgan fingerprint density at radius 3 is 2.86 bits per heavy atom. The largest absolute Gasteiger partial charge is 0.495 e. The summed E-state index contributed by atoms with van der Waals surface area (Å²) in [5, 5.41) is 0. The Bertz CT molecular complexity index is 665. The molecule has 1 amide bonds. The molecule has 1 aromatic heterocycles. The number of fused-ring (bicyclic) bond motifs is 1. The molecule has 1 aliphatic heterocycles. The third-order valence-corrected chi connectivity index (χ3v) is 6.75. The van der Waals surface area contributed by atoms with E-state index in [4.69, 9.17) is 4.74 Å². The summed E-state index contributed by atoms with van der Waals surface area (Å²) in [6, 6.07) is 7.81. The van der Waals surface area contributed by atoms with Gasteiger partial charge in [0.1, 0.15) is 5.75 Å². The quantitative estimate of drug-likeness (QED) is 0.679. The van der Waals surface area contributed by atoms with Crippen molar-refractivity contribution in [2.75, 3.05) is 18.6 Å². The van der Waals surface area contributed by atoms with Crippen molar-refractivity contribution in [3.8, 4) is 5.75 Å². The summed E-state index contributed by atoms with van der Waals surface area (Å²) >= 11 is 8.32. The molecule has 0 unspecified atom stereocenters. The number of benzene rings is 1. The Hall–Kier alpha value is -0.850. The molecule has 0 spiro atoms. The van der Waals surface area contributed by atoms with Crippen LogP contribution < -0.4 is 9.64 Å². The van der Waals surface area contributed by atoms with Crippen LogP contribution in [0.4, 0.5) is 5.69 Å². The van der Waals surface area contributed by atoms with E-state index in [1.165, 1.54) is 16.9 Å². The molecule has 0 N–H and O–H groups in total. The molecule has 0 atom stereocenters. The van der Waals surface area contributed by atoms with Gasteiger partial charge in [-0.3, -0.25) is 4.79 Å². The summed E-state index contributed by atoms with van der Waals surface area (Å²) in [5.41, 5.74) is 2.08. The summed E-state index contributed by atoms with van der Waals surface area (Å²) < 4.78 is 7.29. The van der Waals surface area contributed by atoms with Gasteiger partial charge in [0, 0.05) is 11.0 Å². The van der Waals surface area contributed by atoms with E-state index in [0.29, 0.717) is 4.88 Å². The van der Waals surface area contributed by atoms with Crippen molar-refractivity contribution in [2.45, 2.75) is 12.8 Å². The fourth-order valence-electron chi connectivity index (χ4n) is 2.57. The molecule has 1 aliphatic rings. The zero-order chi connectivity index (χ0) is 15.0. The molecule has 3 nitrogen and oxygen atoms in total. The summed E-state index contributed by atoms with van der Waals surface area (Å²) in [5.74, 6) is 0.784. The summed E-state index contributed by atoms with van der Waals surface area (Å²) in [7, 11) is 1.64. The minimum atomic E-state index is 0.0249. The molecule has 6 heteroatoms. The van der Waals surface area contributed by atoms with Crippen molar-refractivity contribution in [1.29, 1.82) is 0 Å². The lowest BCUT2D eigenvalue weighted by Gasteiger charge is -2.30. The average Bonchev–Trinajstić information content (AvgIpc) is 2.84. The standard InChI is InChI=1S/C15H13Br2NO2S/c1-20-11-6-2-4-9-5-3-7-18(13(9)11)15(19)12-8-10(16)14(17)21-12/h2,4,6,8H,3,5,7H2,1H3. The number of nitrogens with zero attached hydrogens (tertiary/aromatic N) is 1. The van der Waals surface area contributed by atoms with Crippen LogP contribution in [-0.2, 0) is 6.42 Å². The SMILES string of the molecule is COc1cccc2c1N(C(=O)c1cc(Br)c(Br)s1)CCC2. The van der Waals surface area contributed by atoms with Crippen LogP contribution in [0.5, 0.6) is 5.75 Å². The van der Waals surface area contributed by atoms with Crippen molar-refractivity contribution in [3.05, 3.63) is 43.0 Å². The number of aryl methyl sites for hydroxylation is 1. The van der Waals surface area contributed by atoms with Gasteiger partial charge in [-0.1, -0.05) is 12.1 Å². The van der Waals surface area contributed by atoms with Crippen LogP contribution >= 0.6 is 43.2 Å². The lowest BCUT2D eigenvalue weighted by Crippen LogP contribution is -2.35. The Balaban J connectivity index is 2.03. The van der Waals surface area contributed by atoms with Gasteiger partial charge in [-0.25, -0.2) is 0 Å². The number of hydrogen-bond acceptors (Lipinski definition) is 3. The molecule has 0 saturated heterocycles. The lowest BCUT2D eigenvalue weighted by atomic mass is 10.0. The van der Waals surface area contributed by atoms with Gasteiger partial charge >= 0.3 is 0 Å². The maximum absolute atomic E-state index is 12.8. The first-order valence-electron chi connectivity index (χ1n) is 6.54. The summed E-state index contributed by atoms with van der Waals surface area (Å²) in [4.78, 5) is 15.4. The number of hydrogen-bond donors (Lipinski definition) is 0. The molecule has 110 valence electrons. The van der Waals surface area contributed by atoms with Crippen LogP contribution in [-0.4, -0.2) is 19.6 Å². The second-order valence-electron chi connectivity index (χ2n) is 4.76. The van der Waals surface area contributed by atoms with Crippen molar-refractivity contribution in [2.24, 2.45) is 0 Å². The summed E-state index contributed by atoms with van der Waals surface area (Å²) in [6.07, 6.45) is 1.95. The third-order valence-electron chi connectivity index (χ3n) is 3.50. The first-order chi connectivity index (χ1) is 10.1. The minimum Gasteiger partial charge on any atom is -0.495 e. The highest BCUT2D eigenvalue weighted by Crippen LogP contribution is 2.39. The van der Waals surface area contributed by atoms with Gasteiger partial charge in [0.15, 0.2) is 0 Å². The highest BCUT2D eigenvalue weighted by Gasteiger charge is 2.28. The highest BCUT2D eigenvalue weighted by molar-refractivity contribution is 9.13. The molecular weight excluding hydrogens is 418 g/mol. The molecule has 2 heterocycles. The predicted molar refractivity (Wildman–Crippen MR) is 92.7 cm³/mol. The number of methoxy groups -OCH3 is 1. The van der Waals surface area contributed by atoms with Gasteiger partial charge in [0.05, 0.1) is 21.5 Å². The van der Waals surface area contributed by atoms with E-state index in [1.54, 1.807) is 7.11 Å². The van der Waals surface area contributed by atoms with E-state index in [0.717, 1.165) is 39.1 Å². The highest BCUT2D eigenvalue weighted by atomic mass is 79.9. The monoisotopic (exact) mass is 429 g/mol. The van der Waals surface area contributed by atoms with Gasteiger partial charge in [0.25, 0.3) is 5.91 Å². The summed E-state index contributed by atoms with van der Waals surface area (Å²) in [6.45, 7) is 0.722. The first kappa shape index (κ1) is 15.1. The van der Waals surface area contributed by atoms with E-state index in [2.05, 4.69) is 37.9 Å². The molecular formula is C15H13Br2NO2S. The van der Waals surface area contributed by atoms with Crippen molar-refractivity contribution in [1.82, 2.24) is 0 Å². The van der Waals surface area contributed by atoms with Gasteiger partial charge in [-0.05, 0) is 62.4 Å². The van der Waals surface area contributed by atoms with Crippen LogP contribution in [0.15, 0.2) is 32.5 Å². The normalized spacial score (nSPS) is 14.0. The van der Waals surface area contributed by atoms with Crippen molar-refractivity contribution >= 4 is 54.8 Å². The molecule has 0 radical (unpaired) electrons. The second kappa shape index (κ2) is 6.10. The molecule has 0 fully saturated rings. The first-order valence-corrected chi connectivity index (χ1v) is 8.94. The van der Waals surface area contributed by atoms with Gasteiger partial charge in [-0.15, -0.1) is 11.3 Å². The Kier molecular flexibility index (Phi) is 4.38. The van der Waals surface area contributed by atoms with Crippen LogP contribution in [0.1, 0.15) is 21.7 Å². The Morgan fingerprint density at radius 2 is 2.19 bits per heavy atom. The van der Waals surface area contributed by atoms with E-state index in [-0.39, 0.29) is 5.91 Å². The molecule has 3 rings (SSSR count). The molecule has 21 heavy (non-hydrogen) atoms. The Morgan fingerprint density at radius 1 is 1.38 bits per heavy atom. The fraction of sp³-hybridized carbons (Fsp3) is 0.267. The van der Waals surface area contributed by atoms with Crippen LogP contribution in [0, 0.1) is 0 Å². The molecule has 0 saturated carbocycles. The predicted octanol–water partition coefficient (Wildman–Crippen LogP) is 4.87. The van der Waals surface area contributed by atoms with Gasteiger partial charge in [0.2, 0.25) is 0 Å². The zero-order valence-corrected chi connectivity index (χ0v) is 15.3. The number of halogens is 2. The van der Waals surface area contributed by atoms with E-state index < -0.39 is 0 Å². The number of carbonyl (C=O) groups excluding carboxylic acids is 1. The fourth-order valence-corrected chi connectivity index (χ4v) is 4.55. The number of amides is 1. The van der Waals surface area contributed by atoms with Gasteiger partial charge < -0.3 is 9.64 Å². The average molecular weight is 431 g/mol. The number of ether oxygens (including phenoxy) is 1. The van der Waals surface area contributed by atoms with E-state index in [1.807, 2.05) is 23.1 Å². The maximum Gasteiger partial charge on any atom is 0.268 e. The smallest absolute Gasteiger partial charge is 0.268 e. The second-order valence-corrected chi connectivity index (χ2v) is 7.99. The van der Waals surface area contributed by atoms with E-state index in [9.17, 15) is 4.79 Å². The molecule has 1 aromatic carbocycles. The van der Waals surface area contributed by atoms with Crippen LogP contribution in [0.25, 0.3) is 0 Å². The molecule has 2 aromatic rings. The molecule has 0 aliphatic carbocycles. The van der Waals surface area contributed by atoms with Crippen LogP contribution in [0.2, 0.25) is 0 Å². The van der Waals surface area contributed by atoms with Crippen LogP contribution in [0.3, 0.4) is 0 Å². The van der Waals surface area contributed by atoms with E-state index >= 15 is 0 Å². The van der Waals surface area contributed by atoms with Gasteiger partial charge in [-0.2, -0.15) is 0 Å².